The molecular weight excluding hydrogens is 267 g/mol. The largest absolute Gasteiger partial charge is 0.378 e. The molecule has 1 aromatic rings. The van der Waals surface area contributed by atoms with Gasteiger partial charge < -0.3 is 4.74 Å². The van der Waals surface area contributed by atoms with Gasteiger partial charge in [-0.3, -0.25) is 0 Å². The fourth-order valence-electron chi connectivity index (χ4n) is 0.667. The highest BCUT2D eigenvalue weighted by Crippen LogP contribution is 2.24. The minimum atomic E-state index is 0.121. The van der Waals surface area contributed by atoms with Crippen LogP contribution in [-0.2, 0) is 11.3 Å². The second kappa shape index (κ2) is 4.37. The van der Waals surface area contributed by atoms with Crippen LogP contribution >= 0.6 is 39.1 Å². The van der Waals surface area contributed by atoms with Crippen LogP contribution in [0, 0.1) is 0 Å². The van der Waals surface area contributed by atoms with Crippen molar-refractivity contribution in [1.82, 2.24) is 9.97 Å². The van der Waals surface area contributed by atoms with Gasteiger partial charge in [0.05, 0.1) is 16.8 Å². The fourth-order valence-corrected chi connectivity index (χ4v) is 1.38. The Morgan fingerprint density at radius 2 is 2.08 bits per heavy atom. The van der Waals surface area contributed by atoms with Gasteiger partial charge in [-0.05, 0) is 27.5 Å². The molecule has 12 heavy (non-hydrogen) atoms. The lowest BCUT2D eigenvalue weighted by Crippen LogP contribution is -1.97. The molecule has 0 aliphatic rings. The van der Waals surface area contributed by atoms with Gasteiger partial charge in [0.15, 0.2) is 0 Å². The Morgan fingerprint density at radius 1 is 1.42 bits per heavy atom. The lowest BCUT2D eigenvalue weighted by Gasteiger charge is -2.03. The van der Waals surface area contributed by atoms with Crippen molar-refractivity contribution in [3.05, 3.63) is 20.6 Å². The van der Waals surface area contributed by atoms with Crippen molar-refractivity contribution in [2.45, 2.75) is 6.61 Å². The van der Waals surface area contributed by atoms with E-state index in [4.69, 9.17) is 27.9 Å². The molecule has 0 bridgehead atoms. The summed E-state index contributed by atoms with van der Waals surface area (Å²) in [6.45, 7) is 0.350. The molecule has 1 heterocycles. The molecule has 0 aliphatic carbocycles. The first-order valence-corrected chi connectivity index (χ1v) is 4.56. The third-order valence-corrected chi connectivity index (χ3v) is 2.64. The molecule has 3 nitrogen and oxygen atoms in total. The first-order chi connectivity index (χ1) is 5.65. The average molecular weight is 272 g/mol. The molecule has 0 aliphatic heterocycles. The summed E-state index contributed by atoms with van der Waals surface area (Å²) in [4.78, 5) is 7.65. The van der Waals surface area contributed by atoms with E-state index >= 15 is 0 Å². The molecule has 0 radical (unpaired) electrons. The van der Waals surface area contributed by atoms with Crippen molar-refractivity contribution in [2.75, 3.05) is 7.11 Å². The van der Waals surface area contributed by atoms with E-state index in [9.17, 15) is 0 Å². The Balaban J connectivity index is 3.09. The molecule has 0 fully saturated rings. The molecular formula is C6H5BrCl2N2O. The fraction of sp³-hybridized carbons (Fsp3) is 0.333. The number of aromatic nitrogens is 2. The van der Waals surface area contributed by atoms with Crippen LogP contribution in [0.15, 0.2) is 4.47 Å². The first-order valence-electron chi connectivity index (χ1n) is 3.01. The lowest BCUT2D eigenvalue weighted by atomic mass is 10.4. The van der Waals surface area contributed by atoms with Gasteiger partial charge in [-0.25, -0.2) is 9.97 Å². The molecule has 0 spiro atoms. The molecule has 0 saturated heterocycles. The normalized spacial score (nSPS) is 10.3. The maximum absolute atomic E-state index is 5.72. The van der Waals surface area contributed by atoms with Gasteiger partial charge in [0.1, 0.15) is 5.15 Å². The van der Waals surface area contributed by atoms with Crippen molar-refractivity contribution in [2.24, 2.45) is 0 Å². The smallest absolute Gasteiger partial charge is 0.224 e. The third-order valence-electron chi connectivity index (χ3n) is 1.13. The topological polar surface area (TPSA) is 35.0 Å². The van der Waals surface area contributed by atoms with E-state index in [-0.39, 0.29) is 5.28 Å². The quantitative estimate of drug-likeness (QED) is 0.613. The second-order valence-corrected chi connectivity index (χ2v) is 3.47. The molecule has 0 saturated carbocycles. The zero-order chi connectivity index (χ0) is 9.14. The second-order valence-electron chi connectivity index (χ2n) is 1.98. The lowest BCUT2D eigenvalue weighted by molar-refractivity contribution is 0.181. The zero-order valence-electron chi connectivity index (χ0n) is 6.14. The van der Waals surface area contributed by atoms with Crippen LogP contribution in [0.3, 0.4) is 0 Å². The number of hydrogen-bond donors (Lipinski definition) is 0. The van der Waals surface area contributed by atoms with Gasteiger partial charge in [0.2, 0.25) is 5.28 Å². The Labute approximate surface area is 88.2 Å². The summed E-state index contributed by atoms with van der Waals surface area (Å²) in [7, 11) is 1.57. The molecule has 6 heteroatoms. The number of rotatable bonds is 2. The van der Waals surface area contributed by atoms with Gasteiger partial charge in [-0.15, -0.1) is 0 Å². The van der Waals surface area contributed by atoms with Crippen molar-refractivity contribution in [3.8, 4) is 0 Å². The van der Waals surface area contributed by atoms with Crippen molar-refractivity contribution in [1.29, 1.82) is 0 Å². The van der Waals surface area contributed by atoms with Crippen LogP contribution in [0.25, 0.3) is 0 Å². The number of nitrogens with zero attached hydrogens (tertiary/aromatic N) is 2. The Bertz CT molecular complexity index is 295. The Hall–Kier alpha value is 0.1000. The third kappa shape index (κ3) is 2.29. The van der Waals surface area contributed by atoms with E-state index in [1.165, 1.54) is 0 Å². The zero-order valence-corrected chi connectivity index (χ0v) is 9.24. The molecule has 0 N–H and O–H groups in total. The number of ether oxygens (including phenoxy) is 1. The number of halogens is 3. The van der Waals surface area contributed by atoms with Crippen molar-refractivity contribution in [3.63, 3.8) is 0 Å². The summed E-state index contributed by atoms with van der Waals surface area (Å²) < 4.78 is 5.50. The Kier molecular flexibility index (Phi) is 3.71. The minimum Gasteiger partial charge on any atom is -0.378 e. The standard InChI is InChI=1S/C6H5BrCl2N2O/c1-12-2-3-4(7)5(8)11-6(9)10-3/h2H2,1H3. The summed E-state index contributed by atoms with van der Waals surface area (Å²) in [5, 5.41) is 0.414. The van der Waals surface area contributed by atoms with E-state index < -0.39 is 0 Å². The minimum absolute atomic E-state index is 0.121. The maximum Gasteiger partial charge on any atom is 0.224 e. The van der Waals surface area contributed by atoms with Crippen molar-refractivity contribution < 1.29 is 4.74 Å². The Morgan fingerprint density at radius 3 is 2.67 bits per heavy atom. The monoisotopic (exact) mass is 270 g/mol. The molecule has 1 rings (SSSR count). The number of methoxy groups -OCH3 is 1. The average Bonchev–Trinajstić information content (AvgIpc) is 2.00. The highest BCUT2D eigenvalue weighted by atomic mass is 79.9. The summed E-state index contributed by atoms with van der Waals surface area (Å²) in [5.74, 6) is 0. The summed E-state index contributed by atoms with van der Waals surface area (Å²) in [6.07, 6.45) is 0. The van der Waals surface area contributed by atoms with Gasteiger partial charge in [0, 0.05) is 7.11 Å². The van der Waals surface area contributed by atoms with Crippen LogP contribution in [0.4, 0.5) is 0 Å². The molecule has 0 aromatic carbocycles. The van der Waals surface area contributed by atoms with Crippen LogP contribution in [0.2, 0.25) is 10.4 Å². The highest BCUT2D eigenvalue weighted by molar-refractivity contribution is 9.10. The summed E-state index contributed by atoms with van der Waals surface area (Å²) in [6, 6.07) is 0. The first kappa shape index (κ1) is 10.2. The van der Waals surface area contributed by atoms with Crippen LogP contribution < -0.4 is 0 Å². The maximum atomic E-state index is 5.72. The van der Waals surface area contributed by atoms with Gasteiger partial charge in [0.25, 0.3) is 0 Å². The predicted octanol–water partition coefficient (Wildman–Crippen LogP) is 2.69. The van der Waals surface area contributed by atoms with E-state index in [0.29, 0.717) is 21.9 Å². The van der Waals surface area contributed by atoms with E-state index in [0.717, 1.165) is 0 Å². The van der Waals surface area contributed by atoms with Crippen LogP contribution in [-0.4, -0.2) is 17.1 Å². The predicted molar refractivity (Wildman–Crippen MR) is 50.5 cm³/mol. The highest BCUT2D eigenvalue weighted by Gasteiger charge is 2.08. The molecule has 1 aromatic heterocycles. The van der Waals surface area contributed by atoms with Gasteiger partial charge in [-0.2, -0.15) is 0 Å². The number of hydrogen-bond acceptors (Lipinski definition) is 3. The van der Waals surface area contributed by atoms with Crippen LogP contribution in [0.1, 0.15) is 5.69 Å². The molecule has 0 amide bonds. The summed E-state index contributed by atoms with van der Waals surface area (Å²) >= 11 is 14.5. The van der Waals surface area contributed by atoms with Gasteiger partial charge in [-0.1, -0.05) is 11.6 Å². The van der Waals surface area contributed by atoms with E-state index in [1.807, 2.05) is 0 Å². The molecule has 0 unspecified atom stereocenters. The van der Waals surface area contributed by atoms with Crippen molar-refractivity contribution >= 4 is 39.1 Å². The molecule has 66 valence electrons. The van der Waals surface area contributed by atoms with E-state index in [1.54, 1.807) is 7.11 Å². The molecule has 0 atom stereocenters. The van der Waals surface area contributed by atoms with Crippen LogP contribution in [0.5, 0.6) is 0 Å². The van der Waals surface area contributed by atoms with E-state index in [2.05, 4.69) is 25.9 Å². The SMILES string of the molecule is COCc1nc(Cl)nc(Cl)c1Br. The summed E-state index contributed by atoms with van der Waals surface area (Å²) in [5.41, 5.74) is 0.641. The van der Waals surface area contributed by atoms with Gasteiger partial charge >= 0.3 is 0 Å².